The standard InChI is InChI=1S/C18H23F3N2O/c19-8-11-23-17(24)4-6-18(23)5-1-9-22(10-7-18)13-14-12-15(20)2-3-16(14)21/h2-3,12H,1,4-11,13H2/t18-/m0/s1. The second-order valence-electron chi connectivity index (χ2n) is 6.82. The van der Waals surface area contributed by atoms with Gasteiger partial charge in [0.25, 0.3) is 0 Å². The summed E-state index contributed by atoms with van der Waals surface area (Å²) in [7, 11) is 0. The molecule has 2 fully saturated rings. The van der Waals surface area contributed by atoms with Gasteiger partial charge in [-0.05, 0) is 50.4 Å². The van der Waals surface area contributed by atoms with Crippen LogP contribution in [0.2, 0.25) is 0 Å². The summed E-state index contributed by atoms with van der Waals surface area (Å²) >= 11 is 0. The van der Waals surface area contributed by atoms with Gasteiger partial charge in [0.15, 0.2) is 0 Å². The molecule has 1 aromatic rings. The lowest BCUT2D eigenvalue weighted by Gasteiger charge is -2.37. The fourth-order valence-electron chi connectivity index (χ4n) is 4.14. The lowest BCUT2D eigenvalue weighted by atomic mass is 9.88. The Kier molecular flexibility index (Phi) is 5.13. The summed E-state index contributed by atoms with van der Waals surface area (Å²) in [6.07, 6.45) is 3.73. The maximum absolute atomic E-state index is 13.8. The van der Waals surface area contributed by atoms with E-state index in [4.69, 9.17) is 0 Å². The Balaban J connectivity index is 1.69. The van der Waals surface area contributed by atoms with Crippen molar-refractivity contribution < 1.29 is 18.0 Å². The van der Waals surface area contributed by atoms with E-state index in [0.29, 0.717) is 25.1 Å². The number of carbonyl (C=O) groups is 1. The van der Waals surface area contributed by atoms with Crippen molar-refractivity contribution in [1.29, 1.82) is 0 Å². The van der Waals surface area contributed by atoms with Crippen molar-refractivity contribution in [2.45, 2.75) is 44.2 Å². The Morgan fingerprint density at radius 3 is 2.75 bits per heavy atom. The van der Waals surface area contributed by atoms with E-state index in [1.807, 2.05) is 0 Å². The van der Waals surface area contributed by atoms with Crippen LogP contribution < -0.4 is 0 Å². The maximum Gasteiger partial charge on any atom is 0.223 e. The van der Waals surface area contributed by atoms with Gasteiger partial charge in [-0.1, -0.05) is 0 Å². The molecule has 132 valence electrons. The summed E-state index contributed by atoms with van der Waals surface area (Å²) in [5, 5.41) is 0. The maximum atomic E-state index is 13.8. The van der Waals surface area contributed by atoms with Crippen molar-refractivity contribution >= 4 is 5.91 Å². The molecule has 2 saturated heterocycles. The fourth-order valence-corrected chi connectivity index (χ4v) is 4.14. The fraction of sp³-hybridized carbons (Fsp3) is 0.611. The van der Waals surface area contributed by atoms with Crippen LogP contribution in [-0.4, -0.2) is 47.6 Å². The zero-order valence-corrected chi connectivity index (χ0v) is 13.7. The summed E-state index contributed by atoms with van der Waals surface area (Å²) in [4.78, 5) is 15.9. The molecular formula is C18H23F3N2O. The number of nitrogens with zero attached hydrogens (tertiary/aromatic N) is 2. The molecule has 0 N–H and O–H groups in total. The molecule has 2 heterocycles. The van der Waals surface area contributed by atoms with Crippen molar-refractivity contribution in [2.75, 3.05) is 26.3 Å². The quantitative estimate of drug-likeness (QED) is 0.840. The molecule has 1 amide bonds. The number of hydrogen-bond acceptors (Lipinski definition) is 2. The first kappa shape index (κ1) is 17.3. The first-order chi connectivity index (χ1) is 11.5. The van der Waals surface area contributed by atoms with Crippen LogP contribution in [0, 0.1) is 11.6 Å². The second kappa shape index (κ2) is 7.13. The van der Waals surface area contributed by atoms with Gasteiger partial charge in [0.05, 0.1) is 0 Å². The monoisotopic (exact) mass is 340 g/mol. The van der Waals surface area contributed by atoms with Crippen LogP contribution in [-0.2, 0) is 11.3 Å². The van der Waals surface area contributed by atoms with Crippen molar-refractivity contribution in [1.82, 2.24) is 9.80 Å². The zero-order valence-electron chi connectivity index (χ0n) is 13.7. The highest BCUT2D eigenvalue weighted by Crippen LogP contribution is 2.39. The minimum atomic E-state index is -0.522. The average Bonchev–Trinajstić information content (AvgIpc) is 2.73. The molecule has 6 heteroatoms. The molecular weight excluding hydrogens is 317 g/mol. The number of carbonyl (C=O) groups excluding carboxylic acids is 1. The van der Waals surface area contributed by atoms with Gasteiger partial charge in [-0.15, -0.1) is 0 Å². The lowest BCUT2D eigenvalue weighted by molar-refractivity contribution is -0.131. The van der Waals surface area contributed by atoms with E-state index in [9.17, 15) is 18.0 Å². The third-order valence-corrected chi connectivity index (χ3v) is 5.40. The summed E-state index contributed by atoms with van der Waals surface area (Å²) < 4.78 is 40.0. The third-order valence-electron chi connectivity index (χ3n) is 5.40. The Labute approximate surface area is 140 Å². The summed E-state index contributed by atoms with van der Waals surface area (Å²) in [6.45, 7) is 1.47. The third kappa shape index (κ3) is 3.43. The van der Waals surface area contributed by atoms with Crippen molar-refractivity contribution in [3.8, 4) is 0 Å². The molecule has 1 spiro atoms. The number of benzene rings is 1. The Hall–Kier alpha value is -1.56. The highest BCUT2D eigenvalue weighted by Gasteiger charge is 2.45. The van der Waals surface area contributed by atoms with Crippen molar-refractivity contribution in [2.24, 2.45) is 0 Å². The number of amides is 1. The Morgan fingerprint density at radius 2 is 1.96 bits per heavy atom. The normalized spacial score (nSPS) is 25.5. The van der Waals surface area contributed by atoms with Crippen LogP contribution in [0.5, 0.6) is 0 Å². The van der Waals surface area contributed by atoms with E-state index in [-0.39, 0.29) is 18.0 Å². The van der Waals surface area contributed by atoms with E-state index in [0.717, 1.165) is 44.4 Å². The summed E-state index contributed by atoms with van der Waals surface area (Å²) in [5.74, 6) is -0.795. The number of likely N-dealkylation sites (tertiary alicyclic amines) is 2. The van der Waals surface area contributed by atoms with E-state index in [1.165, 1.54) is 6.07 Å². The molecule has 0 aliphatic carbocycles. The molecule has 0 aromatic heterocycles. The smallest absolute Gasteiger partial charge is 0.223 e. The van der Waals surface area contributed by atoms with Gasteiger partial charge in [-0.2, -0.15) is 0 Å². The first-order valence-corrected chi connectivity index (χ1v) is 8.57. The van der Waals surface area contributed by atoms with Crippen molar-refractivity contribution in [3.05, 3.63) is 35.4 Å². The van der Waals surface area contributed by atoms with Crippen LogP contribution in [0.15, 0.2) is 18.2 Å². The van der Waals surface area contributed by atoms with E-state index >= 15 is 0 Å². The number of rotatable bonds is 4. The average molecular weight is 340 g/mol. The van der Waals surface area contributed by atoms with Crippen LogP contribution in [0.3, 0.4) is 0 Å². The molecule has 0 bridgehead atoms. The molecule has 3 nitrogen and oxygen atoms in total. The van der Waals surface area contributed by atoms with Crippen molar-refractivity contribution in [3.63, 3.8) is 0 Å². The molecule has 24 heavy (non-hydrogen) atoms. The molecule has 1 atom stereocenters. The van der Waals surface area contributed by atoms with E-state index in [1.54, 1.807) is 4.90 Å². The highest BCUT2D eigenvalue weighted by molar-refractivity contribution is 5.79. The van der Waals surface area contributed by atoms with Gasteiger partial charge in [-0.25, -0.2) is 13.2 Å². The van der Waals surface area contributed by atoms with Gasteiger partial charge in [-0.3, -0.25) is 9.69 Å². The van der Waals surface area contributed by atoms with Crippen LogP contribution in [0.4, 0.5) is 13.2 Å². The van der Waals surface area contributed by atoms with Crippen LogP contribution in [0.25, 0.3) is 0 Å². The molecule has 2 aliphatic heterocycles. The van der Waals surface area contributed by atoms with Crippen LogP contribution in [0.1, 0.15) is 37.7 Å². The van der Waals surface area contributed by atoms with Gasteiger partial charge >= 0.3 is 0 Å². The number of alkyl halides is 1. The van der Waals surface area contributed by atoms with E-state index in [2.05, 4.69) is 4.90 Å². The number of hydrogen-bond donors (Lipinski definition) is 0. The lowest BCUT2D eigenvalue weighted by Crippen LogP contribution is -2.47. The van der Waals surface area contributed by atoms with E-state index < -0.39 is 18.3 Å². The largest absolute Gasteiger partial charge is 0.334 e. The Bertz CT molecular complexity index is 610. The summed E-state index contributed by atoms with van der Waals surface area (Å²) in [5.41, 5.74) is 0.104. The van der Waals surface area contributed by atoms with Gasteiger partial charge in [0.2, 0.25) is 5.91 Å². The Morgan fingerprint density at radius 1 is 1.12 bits per heavy atom. The predicted molar refractivity (Wildman–Crippen MR) is 85.1 cm³/mol. The van der Waals surface area contributed by atoms with Crippen LogP contribution >= 0.6 is 0 Å². The molecule has 2 aliphatic rings. The molecule has 1 aromatic carbocycles. The molecule has 0 saturated carbocycles. The topological polar surface area (TPSA) is 23.6 Å². The molecule has 0 radical (unpaired) electrons. The number of halogens is 3. The minimum absolute atomic E-state index is 0.0391. The minimum Gasteiger partial charge on any atom is -0.334 e. The second-order valence-corrected chi connectivity index (χ2v) is 6.82. The van der Waals surface area contributed by atoms with Gasteiger partial charge < -0.3 is 4.90 Å². The molecule has 3 rings (SSSR count). The van der Waals surface area contributed by atoms with Gasteiger partial charge in [0, 0.05) is 37.2 Å². The predicted octanol–water partition coefficient (Wildman–Crippen LogP) is 3.28. The first-order valence-electron chi connectivity index (χ1n) is 8.57. The highest BCUT2D eigenvalue weighted by atomic mass is 19.1. The zero-order chi connectivity index (χ0) is 17.2. The molecule has 0 unspecified atom stereocenters. The SMILES string of the molecule is O=C1CC[C@]2(CCCN(Cc3cc(F)ccc3F)CC2)N1CCF. The van der Waals surface area contributed by atoms with Gasteiger partial charge in [0.1, 0.15) is 18.3 Å². The summed E-state index contributed by atoms with van der Waals surface area (Å²) in [6, 6.07) is 3.52.